The van der Waals surface area contributed by atoms with E-state index in [9.17, 15) is 22.8 Å². The van der Waals surface area contributed by atoms with E-state index in [1.54, 1.807) is 7.05 Å². The van der Waals surface area contributed by atoms with Crippen LogP contribution in [0.25, 0.3) is 22.3 Å². The van der Waals surface area contributed by atoms with Crippen LogP contribution in [0.5, 0.6) is 0 Å². The van der Waals surface area contributed by atoms with Crippen molar-refractivity contribution in [1.29, 1.82) is 0 Å². The second-order valence-electron chi connectivity index (χ2n) is 8.65. The van der Waals surface area contributed by atoms with Crippen molar-refractivity contribution >= 4 is 22.6 Å². The Bertz CT molecular complexity index is 1480. The zero-order chi connectivity index (χ0) is 24.7. The van der Waals surface area contributed by atoms with Crippen LogP contribution in [0.4, 0.5) is 19.0 Å². The van der Waals surface area contributed by atoms with Gasteiger partial charge >= 0.3 is 0 Å². The highest BCUT2D eigenvalue weighted by atomic mass is 19.1. The molecule has 3 heterocycles. The van der Waals surface area contributed by atoms with Crippen molar-refractivity contribution in [3.8, 4) is 11.4 Å². The molecule has 5 rings (SSSR count). The van der Waals surface area contributed by atoms with Crippen molar-refractivity contribution in [2.75, 3.05) is 5.32 Å². The highest BCUT2D eigenvalue weighted by molar-refractivity contribution is 5.94. The minimum atomic E-state index is -0.748. The third-order valence-corrected chi connectivity index (χ3v) is 6.18. The normalized spacial score (nSPS) is 18.1. The van der Waals surface area contributed by atoms with Crippen LogP contribution in [0.1, 0.15) is 36.2 Å². The molecule has 0 saturated heterocycles. The summed E-state index contributed by atoms with van der Waals surface area (Å²) in [6, 6.07) is 2.81. The van der Waals surface area contributed by atoms with Gasteiger partial charge in [0.05, 0.1) is 11.7 Å². The Morgan fingerprint density at radius 3 is 2.71 bits per heavy atom. The van der Waals surface area contributed by atoms with E-state index >= 15 is 0 Å². The van der Waals surface area contributed by atoms with Gasteiger partial charge < -0.3 is 15.6 Å². The molecule has 2 atom stereocenters. The molecule has 0 bridgehead atoms. The number of anilines is 1. The van der Waals surface area contributed by atoms with Gasteiger partial charge in [-0.3, -0.25) is 19.4 Å². The lowest BCUT2D eigenvalue weighted by Crippen LogP contribution is -2.42. The van der Waals surface area contributed by atoms with E-state index in [0.29, 0.717) is 12.0 Å². The highest BCUT2D eigenvalue weighted by Gasteiger charge is 2.26. The molecule has 0 unspecified atom stereocenters. The Labute approximate surface area is 196 Å². The zero-order valence-electron chi connectivity index (χ0n) is 18.7. The Kier molecular flexibility index (Phi) is 5.79. The number of carbonyl (C=O) groups excluding carboxylic acids is 1. The largest absolute Gasteiger partial charge is 0.365 e. The summed E-state index contributed by atoms with van der Waals surface area (Å²) in [7, 11) is 1.58. The third kappa shape index (κ3) is 4.51. The SMILES string of the molecule is Cn1[nH]c(=O)cc1C(=O)N[C@@H]1CCC[C@H](Nc2nc(-c3c[nH]c4c(F)cc(F)cc34)ncc2F)C1. The highest BCUT2D eigenvalue weighted by Crippen LogP contribution is 2.30. The summed E-state index contributed by atoms with van der Waals surface area (Å²) in [6.07, 6.45) is 5.24. The number of benzene rings is 1. The third-order valence-electron chi connectivity index (χ3n) is 6.18. The summed E-state index contributed by atoms with van der Waals surface area (Å²) in [5, 5.41) is 8.75. The van der Waals surface area contributed by atoms with Crippen molar-refractivity contribution < 1.29 is 18.0 Å². The van der Waals surface area contributed by atoms with Crippen LogP contribution in [0, 0.1) is 17.5 Å². The number of hydrogen-bond donors (Lipinski definition) is 4. The minimum Gasteiger partial charge on any atom is -0.365 e. The second-order valence-corrected chi connectivity index (χ2v) is 8.65. The molecule has 0 aliphatic heterocycles. The Balaban J connectivity index is 1.33. The van der Waals surface area contributed by atoms with Crippen LogP contribution in [0.15, 0.2) is 35.4 Å². The molecule has 12 heteroatoms. The summed E-state index contributed by atoms with van der Waals surface area (Å²) < 4.78 is 43.7. The molecular weight excluding hydrogens is 463 g/mol. The van der Waals surface area contributed by atoms with Crippen LogP contribution in [-0.4, -0.2) is 42.7 Å². The number of nitrogens with one attached hydrogen (secondary N) is 4. The average Bonchev–Trinajstić information content (AvgIpc) is 3.38. The predicted octanol–water partition coefficient (Wildman–Crippen LogP) is 3.22. The van der Waals surface area contributed by atoms with Gasteiger partial charge in [-0.15, -0.1) is 0 Å². The summed E-state index contributed by atoms with van der Waals surface area (Å²) in [6.45, 7) is 0. The molecule has 1 saturated carbocycles. The van der Waals surface area contributed by atoms with Crippen LogP contribution >= 0.6 is 0 Å². The number of nitrogens with zero attached hydrogens (tertiary/aromatic N) is 3. The molecule has 35 heavy (non-hydrogen) atoms. The van der Waals surface area contributed by atoms with Crippen LogP contribution < -0.4 is 16.2 Å². The molecule has 0 spiro atoms. The minimum absolute atomic E-state index is 0.0359. The van der Waals surface area contributed by atoms with E-state index in [-0.39, 0.29) is 51.8 Å². The van der Waals surface area contributed by atoms with E-state index < -0.39 is 17.5 Å². The van der Waals surface area contributed by atoms with E-state index in [1.165, 1.54) is 23.0 Å². The molecule has 0 radical (unpaired) electrons. The predicted molar refractivity (Wildman–Crippen MR) is 122 cm³/mol. The number of aryl methyl sites for hydroxylation is 1. The molecule has 4 N–H and O–H groups in total. The van der Waals surface area contributed by atoms with Gasteiger partial charge in [-0.25, -0.2) is 23.1 Å². The van der Waals surface area contributed by atoms with E-state index in [4.69, 9.17) is 0 Å². The Hall–Kier alpha value is -4.09. The van der Waals surface area contributed by atoms with Gasteiger partial charge in [0.15, 0.2) is 17.5 Å². The van der Waals surface area contributed by atoms with Crippen molar-refractivity contribution in [3.63, 3.8) is 0 Å². The maximum Gasteiger partial charge on any atom is 0.269 e. The molecule has 9 nitrogen and oxygen atoms in total. The van der Waals surface area contributed by atoms with Gasteiger partial charge in [0.1, 0.15) is 17.3 Å². The molecule has 182 valence electrons. The smallest absolute Gasteiger partial charge is 0.269 e. The standard InChI is InChI=1S/C23H22F3N7O2/c1-33-18(8-19(34)32-33)23(35)30-13-4-2-3-12(7-13)29-22-17(26)10-28-21(31-22)15-9-27-20-14(15)5-11(24)6-16(20)25/h5-6,8-10,12-13,27H,2-4,7H2,1H3,(H,30,35)(H,32,34)(H,28,29,31)/t12-,13+/m0/s1. The number of H-pyrrole nitrogens is 2. The first-order chi connectivity index (χ1) is 16.8. The molecule has 1 aromatic carbocycles. The van der Waals surface area contributed by atoms with Gasteiger partial charge in [-0.05, 0) is 31.7 Å². The molecule has 3 aromatic heterocycles. The van der Waals surface area contributed by atoms with Gasteiger partial charge in [0, 0.05) is 48.4 Å². The van der Waals surface area contributed by atoms with Crippen molar-refractivity contribution in [2.45, 2.75) is 37.8 Å². The molecule has 1 amide bonds. The van der Waals surface area contributed by atoms with Crippen LogP contribution in [-0.2, 0) is 7.05 Å². The maximum atomic E-state index is 14.6. The summed E-state index contributed by atoms with van der Waals surface area (Å²) in [5.74, 6) is -2.45. The molecule has 1 aliphatic rings. The van der Waals surface area contributed by atoms with Crippen molar-refractivity contribution in [2.24, 2.45) is 7.05 Å². The number of fused-ring (bicyclic) bond motifs is 1. The van der Waals surface area contributed by atoms with Crippen molar-refractivity contribution in [3.05, 3.63) is 64.1 Å². The Morgan fingerprint density at radius 1 is 1.14 bits per heavy atom. The molecular formula is C23H22F3N7O2. The lowest BCUT2D eigenvalue weighted by Gasteiger charge is -2.30. The van der Waals surface area contributed by atoms with Gasteiger partial charge in [-0.1, -0.05) is 0 Å². The fourth-order valence-corrected chi connectivity index (χ4v) is 4.54. The summed E-state index contributed by atoms with van der Waals surface area (Å²) in [5.41, 5.74) is 0.307. The lowest BCUT2D eigenvalue weighted by molar-refractivity contribution is 0.0917. The zero-order valence-corrected chi connectivity index (χ0v) is 18.7. The van der Waals surface area contributed by atoms with Crippen molar-refractivity contribution in [1.82, 2.24) is 30.0 Å². The number of aromatic nitrogens is 5. The monoisotopic (exact) mass is 485 g/mol. The first kappa shape index (κ1) is 22.7. The fourth-order valence-electron chi connectivity index (χ4n) is 4.54. The van der Waals surface area contributed by atoms with E-state index in [2.05, 4.69) is 30.7 Å². The topological polar surface area (TPSA) is 120 Å². The number of aromatic amines is 2. The van der Waals surface area contributed by atoms with Crippen LogP contribution in [0.2, 0.25) is 0 Å². The molecule has 1 fully saturated rings. The Morgan fingerprint density at radius 2 is 1.94 bits per heavy atom. The fraction of sp³-hybridized carbons (Fsp3) is 0.304. The number of carbonyl (C=O) groups is 1. The summed E-state index contributed by atoms with van der Waals surface area (Å²) >= 11 is 0. The number of amides is 1. The maximum absolute atomic E-state index is 14.6. The number of hydrogen-bond acceptors (Lipinski definition) is 5. The first-order valence-corrected chi connectivity index (χ1v) is 11.1. The molecule has 4 aromatic rings. The van der Waals surface area contributed by atoms with E-state index in [1.807, 2.05) is 0 Å². The number of halogens is 3. The van der Waals surface area contributed by atoms with Gasteiger partial charge in [0.2, 0.25) is 0 Å². The van der Waals surface area contributed by atoms with Gasteiger partial charge in [0.25, 0.3) is 11.5 Å². The number of rotatable bonds is 5. The van der Waals surface area contributed by atoms with E-state index in [0.717, 1.165) is 31.5 Å². The second kappa shape index (κ2) is 8.93. The quantitative estimate of drug-likeness (QED) is 0.346. The lowest BCUT2D eigenvalue weighted by atomic mass is 9.91. The van der Waals surface area contributed by atoms with Gasteiger partial charge in [-0.2, -0.15) is 0 Å². The first-order valence-electron chi connectivity index (χ1n) is 11.1. The summed E-state index contributed by atoms with van der Waals surface area (Å²) in [4.78, 5) is 35.0. The average molecular weight is 485 g/mol. The van der Waals surface area contributed by atoms with Crippen LogP contribution in [0.3, 0.4) is 0 Å². The molecule has 1 aliphatic carbocycles.